The summed E-state index contributed by atoms with van der Waals surface area (Å²) in [5, 5.41) is 16.1. The van der Waals surface area contributed by atoms with Crippen molar-refractivity contribution < 1.29 is 9.84 Å². The second-order valence-corrected chi connectivity index (χ2v) is 7.56. The molecule has 0 amide bonds. The third kappa shape index (κ3) is 8.63. The Balaban J connectivity index is 1.73. The molecular formula is C21H36N4O2. The Bertz CT molecular complexity index is 560. The second-order valence-electron chi connectivity index (χ2n) is 7.56. The fourth-order valence-electron chi connectivity index (χ4n) is 3.27. The van der Waals surface area contributed by atoms with Crippen molar-refractivity contribution in [3.05, 3.63) is 29.8 Å². The monoisotopic (exact) mass is 376 g/mol. The Labute approximate surface area is 164 Å². The first-order valence-corrected chi connectivity index (χ1v) is 10.2. The van der Waals surface area contributed by atoms with E-state index in [1.54, 1.807) is 12.1 Å². The van der Waals surface area contributed by atoms with Crippen molar-refractivity contribution >= 4 is 5.96 Å². The quantitative estimate of drug-likeness (QED) is 0.350. The number of guanidine groups is 1. The van der Waals surface area contributed by atoms with E-state index in [4.69, 9.17) is 9.73 Å². The molecule has 2 rings (SSSR count). The van der Waals surface area contributed by atoms with Crippen LogP contribution < -0.4 is 10.6 Å². The highest BCUT2D eigenvalue weighted by atomic mass is 16.5. The largest absolute Gasteiger partial charge is 0.508 e. The summed E-state index contributed by atoms with van der Waals surface area (Å²) in [5.74, 6) is 1.85. The van der Waals surface area contributed by atoms with Crippen LogP contribution in [0.5, 0.6) is 5.75 Å². The Kier molecular flexibility index (Phi) is 9.42. The summed E-state index contributed by atoms with van der Waals surface area (Å²) in [5.41, 5.74) is 1.23. The number of hydrogen-bond donors (Lipinski definition) is 3. The lowest BCUT2D eigenvalue weighted by atomic mass is 10.1. The highest BCUT2D eigenvalue weighted by molar-refractivity contribution is 5.79. The second kappa shape index (κ2) is 11.8. The van der Waals surface area contributed by atoms with Crippen LogP contribution in [0.2, 0.25) is 0 Å². The van der Waals surface area contributed by atoms with E-state index < -0.39 is 0 Å². The summed E-state index contributed by atoms with van der Waals surface area (Å²) < 4.78 is 5.89. The summed E-state index contributed by atoms with van der Waals surface area (Å²) in [6.07, 6.45) is 2.16. The first kappa shape index (κ1) is 21.5. The van der Waals surface area contributed by atoms with Gasteiger partial charge in [0.15, 0.2) is 5.96 Å². The van der Waals surface area contributed by atoms with E-state index in [1.165, 1.54) is 5.56 Å². The minimum absolute atomic E-state index is 0.171. The number of rotatable bonds is 9. The third-order valence-electron chi connectivity index (χ3n) is 4.51. The molecule has 0 aromatic heterocycles. The fourth-order valence-corrected chi connectivity index (χ4v) is 3.27. The molecule has 0 radical (unpaired) electrons. The van der Waals surface area contributed by atoms with Crippen LogP contribution in [0.15, 0.2) is 29.3 Å². The topological polar surface area (TPSA) is 69.1 Å². The predicted octanol–water partition coefficient (Wildman–Crippen LogP) is 2.24. The number of aryl methyl sites for hydroxylation is 1. The van der Waals surface area contributed by atoms with E-state index in [-0.39, 0.29) is 6.10 Å². The molecular weight excluding hydrogens is 340 g/mol. The molecule has 3 N–H and O–H groups in total. The molecule has 6 nitrogen and oxygen atoms in total. The summed E-state index contributed by atoms with van der Waals surface area (Å²) >= 11 is 0. The molecule has 1 aromatic rings. The molecule has 0 saturated carbocycles. The first-order valence-electron chi connectivity index (χ1n) is 10.2. The molecule has 152 valence electrons. The molecule has 0 bridgehead atoms. The Morgan fingerprint density at radius 3 is 2.78 bits per heavy atom. The maximum Gasteiger partial charge on any atom is 0.191 e. The molecule has 0 spiro atoms. The molecule has 0 aliphatic carbocycles. The van der Waals surface area contributed by atoms with Gasteiger partial charge in [0, 0.05) is 32.7 Å². The summed E-state index contributed by atoms with van der Waals surface area (Å²) in [6.45, 7) is 12.9. The van der Waals surface area contributed by atoms with E-state index in [0.29, 0.717) is 18.2 Å². The van der Waals surface area contributed by atoms with Gasteiger partial charge in [-0.05, 0) is 43.4 Å². The van der Waals surface area contributed by atoms with Gasteiger partial charge in [-0.3, -0.25) is 9.89 Å². The van der Waals surface area contributed by atoms with Gasteiger partial charge in [0.25, 0.3) is 0 Å². The van der Waals surface area contributed by atoms with Crippen molar-refractivity contribution in [3.63, 3.8) is 0 Å². The summed E-state index contributed by atoms with van der Waals surface area (Å²) in [4.78, 5) is 7.20. The Morgan fingerprint density at radius 2 is 2.07 bits per heavy atom. The summed E-state index contributed by atoms with van der Waals surface area (Å²) in [7, 11) is 0. The van der Waals surface area contributed by atoms with Crippen molar-refractivity contribution in [2.75, 3.05) is 45.9 Å². The number of nitrogens with zero attached hydrogens (tertiary/aromatic N) is 2. The van der Waals surface area contributed by atoms with Crippen LogP contribution in [-0.4, -0.2) is 67.9 Å². The zero-order chi connectivity index (χ0) is 19.5. The number of phenolic OH excluding ortho intramolecular Hbond substituents is 1. The van der Waals surface area contributed by atoms with Gasteiger partial charge < -0.3 is 20.5 Å². The first-order chi connectivity index (χ1) is 13.1. The number of aliphatic imine (C=N–C) groups is 1. The average Bonchev–Trinajstić information content (AvgIpc) is 2.64. The van der Waals surface area contributed by atoms with E-state index in [2.05, 4.69) is 36.3 Å². The van der Waals surface area contributed by atoms with Crippen molar-refractivity contribution in [1.29, 1.82) is 0 Å². The van der Waals surface area contributed by atoms with Crippen molar-refractivity contribution in [2.45, 2.75) is 39.7 Å². The molecule has 1 unspecified atom stereocenters. The van der Waals surface area contributed by atoms with Crippen LogP contribution in [0, 0.1) is 5.92 Å². The smallest absolute Gasteiger partial charge is 0.191 e. The summed E-state index contributed by atoms with van der Waals surface area (Å²) in [6, 6.07) is 7.41. The standard InChI is InChI=1S/C21H36N4O2/c1-4-22-21(23-11-5-6-18-7-9-19(26)10-8-18)24-14-20-16-25(12-13-27-20)15-17(2)3/h7-10,17,20,26H,4-6,11-16H2,1-3H3,(H2,22,23,24). The molecule has 27 heavy (non-hydrogen) atoms. The molecule has 1 aliphatic rings. The molecule has 1 aromatic carbocycles. The van der Waals surface area contributed by atoms with Gasteiger partial charge in [-0.1, -0.05) is 26.0 Å². The minimum atomic E-state index is 0.171. The maximum absolute atomic E-state index is 9.34. The van der Waals surface area contributed by atoms with Gasteiger partial charge >= 0.3 is 0 Å². The fraction of sp³-hybridized carbons (Fsp3) is 0.667. The van der Waals surface area contributed by atoms with Crippen LogP contribution in [-0.2, 0) is 11.2 Å². The molecule has 1 heterocycles. The lowest BCUT2D eigenvalue weighted by Crippen LogP contribution is -2.46. The number of hydrogen-bond acceptors (Lipinski definition) is 4. The number of ether oxygens (including phenoxy) is 1. The Morgan fingerprint density at radius 1 is 1.30 bits per heavy atom. The van der Waals surface area contributed by atoms with Gasteiger partial charge in [0.2, 0.25) is 0 Å². The number of morpholine rings is 1. The van der Waals surface area contributed by atoms with Gasteiger partial charge in [-0.25, -0.2) is 0 Å². The average molecular weight is 377 g/mol. The van der Waals surface area contributed by atoms with Gasteiger partial charge in [0.05, 0.1) is 19.3 Å². The van der Waals surface area contributed by atoms with Crippen LogP contribution in [0.1, 0.15) is 32.8 Å². The number of aromatic hydroxyl groups is 1. The van der Waals surface area contributed by atoms with Crippen molar-refractivity contribution in [1.82, 2.24) is 15.5 Å². The zero-order valence-electron chi connectivity index (χ0n) is 17.1. The van der Waals surface area contributed by atoms with Gasteiger partial charge in [-0.15, -0.1) is 0 Å². The van der Waals surface area contributed by atoms with Gasteiger partial charge in [-0.2, -0.15) is 0 Å². The van der Waals surface area contributed by atoms with E-state index in [1.807, 2.05) is 12.1 Å². The van der Waals surface area contributed by atoms with E-state index >= 15 is 0 Å². The molecule has 1 atom stereocenters. The predicted molar refractivity (Wildman–Crippen MR) is 111 cm³/mol. The number of phenols is 1. The van der Waals surface area contributed by atoms with Crippen LogP contribution >= 0.6 is 0 Å². The van der Waals surface area contributed by atoms with Crippen molar-refractivity contribution in [3.8, 4) is 5.75 Å². The number of nitrogens with one attached hydrogen (secondary N) is 2. The lowest BCUT2D eigenvalue weighted by molar-refractivity contribution is -0.0261. The number of benzene rings is 1. The molecule has 6 heteroatoms. The molecule has 1 aliphatic heterocycles. The molecule has 1 saturated heterocycles. The van der Waals surface area contributed by atoms with Crippen LogP contribution in [0.3, 0.4) is 0 Å². The Hall–Kier alpha value is -1.79. The van der Waals surface area contributed by atoms with Gasteiger partial charge in [0.1, 0.15) is 5.75 Å². The lowest BCUT2D eigenvalue weighted by Gasteiger charge is -2.33. The highest BCUT2D eigenvalue weighted by Crippen LogP contribution is 2.11. The van der Waals surface area contributed by atoms with Crippen LogP contribution in [0.4, 0.5) is 0 Å². The minimum Gasteiger partial charge on any atom is -0.508 e. The SMILES string of the molecule is CCNC(=NCC1CN(CC(C)C)CCO1)NCCCc1ccc(O)cc1. The highest BCUT2D eigenvalue weighted by Gasteiger charge is 2.20. The van der Waals surface area contributed by atoms with E-state index in [9.17, 15) is 5.11 Å². The zero-order valence-corrected chi connectivity index (χ0v) is 17.1. The van der Waals surface area contributed by atoms with Crippen LogP contribution in [0.25, 0.3) is 0 Å². The normalized spacial score (nSPS) is 18.7. The third-order valence-corrected chi connectivity index (χ3v) is 4.51. The maximum atomic E-state index is 9.34. The molecule has 1 fully saturated rings. The van der Waals surface area contributed by atoms with E-state index in [0.717, 1.165) is 58.1 Å². The van der Waals surface area contributed by atoms with Crippen molar-refractivity contribution in [2.24, 2.45) is 10.9 Å².